The second-order valence-corrected chi connectivity index (χ2v) is 6.68. The molecule has 4 rings (SSSR count). The molecule has 0 saturated heterocycles. The van der Waals surface area contributed by atoms with E-state index >= 15 is 0 Å². The van der Waals surface area contributed by atoms with Gasteiger partial charge in [-0.05, 0) is 37.0 Å². The van der Waals surface area contributed by atoms with Crippen molar-refractivity contribution in [3.05, 3.63) is 64.6 Å². The maximum Gasteiger partial charge on any atom is 0.433 e. The zero-order valence-corrected chi connectivity index (χ0v) is 14.6. The molecule has 1 aliphatic heterocycles. The van der Waals surface area contributed by atoms with Crippen molar-refractivity contribution in [3.8, 4) is 0 Å². The van der Waals surface area contributed by atoms with Crippen LogP contribution in [0.15, 0.2) is 36.4 Å². The number of benzene rings is 1. The second kappa shape index (κ2) is 6.37. The van der Waals surface area contributed by atoms with E-state index < -0.39 is 11.9 Å². The predicted octanol–water partition coefficient (Wildman–Crippen LogP) is 3.65. The average Bonchev–Trinajstić information content (AvgIpc) is 2.91. The minimum absolute atomic E-state index is 0.0147. The van der Waals surface area contributed by atoms with Gasteiger partial charge >= 0.3 is 6.18 Å². The van der Waals surface area contributed by atoms with Crippen molar-refractivity contribution in [1.82, 2.24) is 19.5 Å². The Kier molecular flexibility index (Phi) is 4.13. The van der Waals surface area contributed by atoms with Crippen LogP contribution in [0.1, 0.15) is 39.4 Å². The number of amides is 1. The number of carbonyl (C=O) groups is 1. The van der Waals surface area contributed by atoms with E-state index in [0.29, 0.717) is 17.6 Å². The highest BCUT2D eigenvalue weighted by Gasteiger charge is 2.35. The summed E-state index contributed by atoms with van der Waals surface area (Å²) in [7, 11) is 0. The van der Waals surface area contributed by atoms with Crippen LogP contribution in [0.25, 0.3) is 5.65 Å². The number of rotatable bonds is 1. The molecule has 0 aliphatic carbocycles. The fourth-order valence-electron chi connectivity index (χ4n) is 3.44. The lowest BCUT2D eigenvalue weighted by molar-refractivity contribution is -0.142. The van der Waals surface area contributed by atoms with Crippen LogP contribution in [-0.4, -0.2) is 31.9 Å². The molecule has 0 saturated carbocycles. The third-order valence-electron chi connectivity index (χ3n) is 4.71. The summed E-state index contributed by atoms with van der Waals surface area (Å²) in [5.41, 5.74) is 1.51. The summed E-state index contributed by atoms with van der Waals surface area (Å²) in [5.74, 6) is -0.386. The first-order chi connectivity index (χ1) is 12.8. The number of hydrogen-bond acceptors (Lipinski definition) is 3. The number of carbonyl (C=O) groups excluding carboxylic acids is 1. The van der Waals surface area contributed by atoms with Gasteiger partial charge in [-0.3, -0.25) is 4.79 Å². The summed E-state index contributed by atoms with van der Waals surface area (Å²) in [6.07, 6.45) is -2.93. The first-order valence-electron chi connectivity index (χ1n) is 8.63. The molecule has 1 aliphatic rings. The smallest absolute Gasteiger partial charge is 0.333 e. The van der Waals surface area contributed by atoms with Crippen LogP contribution in [0.5, 0.6) is 0 Å². The summed E-state index contributed by atoms with van der Waals surface area (Å²) >= 11 is 0. The highest BCUT2D eigenvalue weighted by Crippen LogP contribution is 2.30. The SMILES string of the molecule is Cc1cc(C(F)(F)F)n2nc(C(=O)N3CCCc4ccccc4C3)cc2n1. The molecule has 3 heterocycles. The minimum atomic E-state index is -4.58. The van der Waals surface area contributed by atoms with Gasteiger partial charge in [0.15, 0.2) is 11.3 Å². The van der Waals surface area contributed by atoms with Gasteiger partial charge < -0.3 is 4.90 Å². The Labute approximate surface area is 153 Å². The van der Waals surface area contributed by atoms with Crippen molar-refractivity contribution < 1.29 is 18.0 Å². The number of aryl methyl sites for hydroxylation is 2. The zero-order valence-electron chi connectivity index (χ0n) is 14.6. The van der Waals surface area contributed by atoms with Crippen molar-refractivity contribution in [3.63, 3.8) is 0 Å². The van der Waals surface area contributed by atoms with Crippen LogP contribution < -0.4 is 0 Å². The number of nitrogens with zero attached hydrogens (tertiary/aromatic N) is 4. The standard InChI is InChI=1S/C19H17F3N4O/c1-12-9-16(19(20,21)22)26-17(23-12)10-15(24-26)18(27)25-8-4-7-13-5-2-3-6-14(13)11-25/h2-3,5-6,9-10H,4,7-8,11H2,1H3. The summed E-state index contributed by atoms with van der Waals surface area (Å²) in [6, 6.07) is 10.1. The summed E-state index contributed by atoms with van der Waals surface area (Å²) in [6.45, 7) is 2.43. The number of aromatic nitrogens is 3. The molecule has 0 radical (unpaired) electrons. The Balaban J connectivity index is 1.71. The molecule has 0 unspecified atom stereocenters. The molecule has 27 heavy (non-hydrogen) atoms. The van der Waals surface area contributed by atoms with Gasteiger partial charge in [0.25, 0.3) is 5.91 Å². The predicted molar refractivity (Wildman–Crippen MR) is 92.2 cm³/mol. The van der Waals surface area contributed by atoms with Crippen molar-refractivity contribution in [1.29, 1.82) is 0 Å². The quantitative estimate of drug-likeness (QED) is 0.653. The number of halogens is 3. The molecule has 3 aromatic rings. The minimum Gasteiger partial charge on any atom is -0.333 e. The van der Waals surface area contributed by atoms with E-state index in [2.05, 4.69) is 10.1 Å². The Morgan fingerprint density at radius 3 is 2.63 bits per heavy atom. The van der Waals surface area contributed by atoms with Gasteiger partial charge in [0.1, 0.15) is 5.69 Å². The molecule has 0 bridgehead atoms. The molecular weight excluding hydrogens is 357 g/mol. The Hall–Kier alpha value is -2.90. The third kappa shape index (κ3) is 3.27. The molecule has 1 amide bonds. The van der Waals surface area contributed by atoms with Gasteiger partial charge in [-0.15, -0.1) is 0 Å². The number of hydrogen-bond donors (Lipinski definition) is 0. The Morgan fingerprint density at radius 2 is 1.89 bits per heavy atom. The molecule has 0 N–H and O–H groups in total. The van der Waals surface area contributed by atoms with Crippen molar-refractivity contribution in [2.24, 2.45) is 0 Å². The average molecular weight is 374 g/mol. The number of fused-ring (bicyclic) bond motifs is 2. The van der Waals surface area contributed by atoms with Crippen LogP contribution in [0.4, 0.5) is 13.2 Å². The lowest BCUT2D eigenvalue weighted by Crippen LogP contribution is -2.31. The molecule has 140 valence electrons. The number of alkyl halides is 3. The molecule has 0 fully saturated rings. The normalized spacial score (nSPS) is 14.9. The highest BCUT2D eigenvalue weighted by molar-refractivity contribution is 5.93. The Bertz CT molecular complexity index is 1030. The fourth-order valence-corrected chi connectivity index (χ4v) is 3.44. The summed E-state index contributed by atoms with van der Waals surface area (Å²) < 4.78 is 40.6. The van der Waals surface area contributed by atoms with E-state index in [4.69, 9.17) is 0 Å². The van der Waals surface area contributed by atoms with E-state index in [1.807, 2.05) is 24.3 Å². The molecule has 0 spiro atoms. The highest BCUT2D eigenvalue weighted by atomic mass is 19.4. The molecular formula is C19H17F3N4O. The topological polar surface area (TPSA) is 50.5 Å². The van der Waals surface area contributed by atoms with Gasteiger partial charge in [0, 0.05) is 24.8 Å². The molecule has 5 nitrogen and oxygen atoms in total. The first kappa shape index (κ1) is 17.5. The van der Waals surface area contributed by atoms with Crippen molar-refractivity contribution in [2.45, 2.75) is 32.5 Å². The third-order valence-corrected chi connectivity index (χ3v) is 4.71. The van der Waals surface area contributed by atoms with Gasteiger partial charge in [-0.2, -0.15) is 18.3 Å². The van der Waals surface area contributed by atoms with Crippen LogP contribution in [-0.2, 0) is 19.1 Å². The second-order valence-electron chi connectivity index (χ2n) is 6.68. The van der Waals surface area contributed by atoms with Crippen molar-refractivity contribution >= 4 is 11.6 Å². The van der Waals surface area contributed by atoms with Crippen molar-refractivity contribution in [2.75, 3.05) is 6.54 Å². The molecule has 1 aromatic carbocycles. The van der Waals surface area contributed by atoms with E-state index in [9.17, 15) is 18.0 Å². The fraction of sp³-hybridized carbons (Fsp3) is 0.316. The molecule has 0 atom stereocenters. The molecule has 2 aromatic heterocycles. The first-order valence-corrected chi connectivity index (χ1v) is 8.63. The maximum absolute atomic E-state index is 13.3. The largest absolute Gasteiger partial charge is 0.433 e. The Morgan fingerprint density at radius 1 is 1.15 bits per heavy atom. The maximum atomic E-state index is 13.3. The van der Waals surface area contributed by atoms with E-state index in [0.717, 1.165) is 24.5 Å². The summed E-state index contributed by atoms with van der Waals surface area (Å²) in [5, 5.41) is 3.92. The van der Waals surface area contributed by atoms with Crippen LogP contribution in [0.3, 0.4) is 0 Å². The van der Waals surface area contributed by atoms with E-state index in [1.54, 1.807) is 4.90 Å². The lowest BCUT2D eigenvalue weighted by atomic mass is 10.0. The van der Waals surface area contributed by atoms with Crippen LogP contribution in [0.2, 0.25) is 0 Å². The molecule has 8 heteroatoms. The van der Waals surface area contributed by atoms with Gasteiger partial charge in [-0.1, -0.05) is 24.3 Å². The van der Waals surface area contributed by atoms with Gasteiger partial charge in [-0.25, -0.2) is 9.50 Å². The van der Waals surface area contributed by atoms with Gasteiger partial charge in [0.2, 0.25) is 0 Å². The van der Waals surface area contributed by atoms with E-state index in [1.165, 1.54) is 18.6 Å². The van der Waals surface area contributed by atoms with Crippen LogP contribution >= 0.6 is 0 Å². The lowest BCUT2D eigenvalue weighted by Gasteiger charge is -2.19. The van der Waals surface area contributed by atoms with Gasteiger partial charge in [0.05, 0.1) is 0 Å². The van der Waals surface area contributed by atoms with Crippen LogP contribution in [0, 0.1) is 6.92 Å². The monoisotopic (exact) mass is 374 g/mol. The zero-order chi connectivity index (χ0) is 19.2. The summed E-state index contributed by atoms with van der Waals surface area (Å²) in [4.78, 5) is 18.6. The van der Waals surface area contributed by atoms with E-state index in [-0.39, 0.29) is 22.9 Å².